The monoisotopic (exact) mass is 238 g/mol. The van der Waals surface area contributed by atoms with Gasteiger partial charge in [-0.1, -0.05) is 0 Å². The van der Waals surface area contributed by atoms with E-state index in [2.05, 4.69) is 10.3 Å². The maximum Gasteiger partial charge on any atom is 0.312 e. The van der Waals surface area contributed by atoms with Gasteiger partial charge in [0.1, 0.15) is 5.92 Å². The molecule has 0 aliphatic heterocycles. The first kappa shape index (κ1) is 10.1. The van der Waals surface area contributed by atoms with E-state index in [1.54, 1.807) is 11.3 Å². The van der Waals surface area contributed by atoms with Crippen molar-refractivity contribution in [1.29, 1.82) is 0 Å². The summed E-state index contributed by atoms with van der Waals surface area (Å²) in [5, 5.41) is 13.3. The van der Waals surface area contributed by atoms with E-state index in [4.69, 9.17) is 5.11 Å². The quantitative estimate of drug-likeness (QED) is 0.843. The summed E-state index contributed by atoms with van der Waals surface area (Å²) in [6, 6.07) is 0. The second-order valence-electron chi connectivity index (χ2n) is 4.58. The van der Waals surface area contributed by atoms with Crippen molar-refractivity contribution in [2.45, 2.75) is 31.6 Å². The minimum atomic E-state index is -0.738. The van der Waals surface area contributed by atoms with Crippen LogP contribution >= 0.6 is 11.3 Å². The van der Waals surface area contributed by atoms with E-state index >= 15 is 0 Å². The van der Waals surface area contributed by atoms with E-state index in [9.17, 15) is 4.79 Å². The van der Waals surface area contributed by atoms with Crippen LogP contribution in [0, 0.1) is 5.92 Å². The lowest BCUT2D eigenvalue weighted by Crippen LogP contribution is -2.09. The van der Waals surface area contributed by atoms with Crippen molar-refractivity contribution in [1.82, 2.24) is 4.98 Å². The predicted molar refractivity (Wildman–Crippen MR) is 62.0 cm³/mol. The molecular formula is C11H14N2O2S. The number of carboxylic acids is 1. The number of hydrogen-bond donors (Lipinski definition) is 2. The second kappa shape index (κ2) is 3.73. The summed E-state index contributed by atoms with van der Waals surface area (Å²) in [4.78, 5) is 16.6. The Balaban J connectivity index is 1.73. The van der Waals surface area contributed by atoms with E-state index in [0.717, 1.165) is 34.6 Å². The first-order valence-corrected chi connectivity index (χ1v) is 6.52. The lowest BCUT2D eigenvalue weighted by Gasteiger charge is -2.02. The summed E-state index contributed by atoms with van der Waals surface area (Å²) in [5.41, 5.74) is 0.802. The number of fused-ring (bicyclic) bond motifs is 1. The maximum atomic E-state index is 11.0. The molecule has 86 valence electrons. The third-order valence-electron chi connectivity index (χ3n) is 3.25. The van der Waals surface area contributed by atoms with Gasteiger partial charge in [-0.2, -0.15) is 0 Å². The van der Waals surface area contributed by atoms with Crippen molar-refractivity contribution in [3.8, 4) is 0 Å². The van der Waals surface area contributed by atoms with Gasteiger partial charge >= 0.3 is 5.97 Å². The number of nitrogens with zero attached hydrogens (tertiary/aromatic N) is 1. The van der Waals surface area contributed by atoms with Gasteiger partial charge in [-0.15, -0.1) is 11.3 Å². The molecule has 2 N–H and O–H groups in total. The number of thiazole rings is 1. The van der Waals surface area contributed by atoms with Crippen LogP contribution in [0.4, 0.5) is 5.13 Å². The summed E-state index contributed by atoms with van der Waals surface area (Å²) in [7, 11) is 0. The predicted octanol–water partition coefficient (Wildman–Crippen LogP) is 2.08. The fourth-order valence-electron chi connectivity index (χ4n) is 2.10. The van der Waals surface area contributed by atoms with Crippen LogP contribution in [0.1, 0.15) is 35.8 Å². The van der Waals surface area contributed by atoms with Crippen LogP contribution in [0.25, 0.3) is 0 Å². The number of aromatic nitrogens is 1. The molecule has 0 aromatic carbocycles. The maximum absolute atomic E-state index is 11.0. The molecule has 4 nitrogen and oxygen atoms in total. The molecule has 1 saturated carbocycles. The first-order chi connectivity index (χ1) is 7.74. The van der Waals surface area contributed by atoms with Gasteiger partial charge in [-0.3, -0.25) is 4.79 Å². The molecule has 0 radical (unpaired) electrons. The smallest absolute Gasteiger partial charge is 0.312 e. The van der Waals surface area contributed by atoms with Crippen LogP contribution < -0.4 is 5.32 Å². The van der Waals surface area contributed by atoms with Crippen LogP contribution in [0.3, 0.4) is 0 Å². The zero-order chi connectivity index (χ0) is 11.1. The molecule has 0 saturated heterocycles. The Bertz CT molecular complexity index is 426. The van der Waals surface area contributed by atoms with Crippen molar-refractivity contribution >= 4 is 22.4 Å². The minimum Gasteiger partial charge on any atom is -0.481 e. The van der Waals surface area contributed by atoms with Gasteiger partial charge in [0, 0.05) is 11.4 Å². The van der Waals surface area contributed by atoms with Crippen LogP contribution in [0.2, 0.25) is 0 Å². The normalized spacial score (nSPS) is 23.1. The Morgan fingerprint density at radius 1 is 1.50 bits per heavy atom. The molecule has 3 rings (SSSR count). The first-order valence-electron chi connectivity index (χ1n) is 5.70. The van der Waals surface area contributed by atoms with Crippen LogP contribution in [-0.2, 0) is 11.2 Å². The molecule has 2 aliphatic rings. The Morgan fingerprint density at radius 3 is 3.00 bits per heavy atom. The van der Waals surface area contributed by atoms with Crippen molar-refractivity contribution in [3.63, 3.8) is 0 Å². The molecule has 1 heterocycles. The summed E-state index contributed by atoms with van der Waals surface area (Å²) in [6.45, 7) is 0.990. The van der Waals surface area contributed by atoms with E-state index < -0.39 is 5.97 Å². The molecule has 2 aliphatic carbocycles. The average Bonchev–Trinajstić information content (AvgIpc) is 2.84. The van der Waals surface area contributed by atoms with Gasteiger partial charge in [0.15, 0.2) is 5.13 Å². The molecular weight excluding hydrogens is 224 g/mol. The topological polar surface area (TPSA) is 62.2 Å². The molecule has 0 bridgehead atoms. The Morgan fingerprint density at radius 2 is 2.31 bits per heavy atom. The molecule has 1 fully saturated rings. The SMILES string of the molecule is O=C(O)C1CCc2sc(NCC3CC3)nc21. The van der Waals surface area contributed by atoms with E-state index in [0.29, 0.717) is 6.42 Å². The van der Waals surface area contributed by atoms with Crippen LogP contribution in [0.5, 0.6) is 0 Å². The third kappa shape index (κ3) is 1.80. The summed E-state index contributed by atoms with van der Waals surface area (Å²) in [5.74, 6) is -0.297. The molecule has 1 aromatic rings. The van der Waals surface area contributed by atoms with Gasteiger partial charge in [-0.05, 0) is 31.6 Å². The van der Waals surface area contributed by atoms with E-state index in [1.165, 1.54) is 12.8 Å². The minimum absolute atomic E-state index is 0.372. The number of aliphatic carboxylic acids is 1. The number of nitrogens with one attached hydrogen (secondary N) is 1. The molecule has 16 heavy (non-hydrogen) atoms. The second-order valence-corrected chi connectivity index (χ2v) is 5.66. The number of carboxylic acid groups (broad SMARTS) is 1. The number of aryl methyl sites for hydroxylation is 1. The van der Waals surface area contributed by atoms with E-state index in [1.807, 2.05) is 0 Å². The molecule has 1 atom stereocenters. The lowest BCUT2D eigenvalue weighted by molar-refractivity contribution is -0.138. The van der Waals surface area contributed by atoms with Crippen molar-refractivity contribution in [3.05, 3.63) is 10.6 Å². The third-order valence-corrected chi connectivity index (χ3v) is 4.34. The van der Waals surface area contributed by atoms with Gasteiger partial charge in [0.05, 0.1) is 5.69 Å². The number of anilines is 1. The fourth-order valence-corrected chi connectivity index (χ4v) is 3.14. The highest BCUT2D eigenvalue weighted by Gasteiger charge is 2.32. The van der Waals surface area contributed by atoms with Gasteiger partial charge < -0.3 is 10.4 Å². The number of rotatable bonds is 4. The van der Waals surface area contributed by atoms with E-state index in [-0.39, 0.29) is 5.92 Å². The van der Waals surface area contributed by atoms with Gasteiger partial charge in [0.25, 0.3) is 0 Å². The molecule has 1 unspecified atom stereocenters. The number of carbonyl (C=O) groups is 1. The van der Waals surface area contributed by atoms with Crippen molar-refractivity contribution < 1.29 is 9.90 Å². The fraction of sp³-hybridized carbons (Fsp3) is 0.636. The zero-order valence-corrected chi connectivity index (χ0v) is 9.72. The Kier molecular flexibility index (Phi) is 2.35. The lowest BCUT2D eigenvalue weighted by atomic mass is 10.1. The Labute approximate surface area is 97.7 Å². The zero-order valence-electron chi connectivity index (χ0n) is 8.90. The molecule has 5 heteroatoms. The summed E-state index contributed by atoms with van der Waals surface area (Å²) < 4.78 is 0. The highest BCUT2D eigenvalue weighted by molar-refractivity contribution is 7.15. The van der Waals surface area contributed by atoms with Gasteiger partial charge in [-0.25, -0.2) is 4.98 Å². The Hall–Kier alpha value is -1.10. The van der Waals surface area contributed by atoms with Crippen LogP contribution in [0.15, 0.2) is 0 Å². The molecule has 1 aromatic heterocycles. The highest BCUT2D eigenvalue weighted by atomic mass is 32.1. The van der Waals surface area contributed by atoms with Crippen LogP contribution in [-0.4, -0.2) is 22.6 Å². The standard InChI is InChI=1S/C11H14N2O2S/c14-10(15)7-3-4-8-9(7)13-11(16-8)12-5-6-1-2-6/h6-7H,1-5H2,(H,12,13)(H,14,15). The highest BCUT2D eigenvalue weighted by Crippen LogP contribution is 2.39. The summed E-state index contributed by atoms with van der Waals surface area (Å²) in [6.07, 6.45) is 4.22. The van der Waals surface area contributed by atoms with Crippen molar-refractivity contribution in [2.24, 2.45) is 5.92 Å². The van der Waals surface area contributed by atoms with Crippen molar-refractivity contribution in [2.75, 3.05) is 11.9 Å². The largest absolute Gasteiger partial charge is 0.481 e. The summed E-state index contributed by atoms with van der Waals surface area (Å²) >= 11 is 1.63. The average molecular weight is 238 g/mol. The molecule has 0 spiro atoms. The molecule has 0 amide bonds. The van der Waals surface area contributed by atoms with Gasteiger partial charge in [0.2, 0.25) is 0 Å². The number of hydrogen-bond acceptors (Lipinski definition) is 4.